The molecular weight excluding hydrogens is 371 g/mol. The third kappa shape index (κ3) is 5.06. The first-order valence-electron chi connectivity index (χ1n) is 7.26. The molecule has 2 amide bonds. The van der Waals surface area contributed by atoms with Crippen LogP contribution in [0.1, 0.15) is 18.1 Å². The van der Waals surface area contributed by atoms with Crippen molar-refractivity contribution in [2.24, 2.45) is 5.10 Å². The fourth-order valence-electron chi connectivity index (χ4n) is 1.91. The number of rotatable bonds is 3. The van der Waals surface area contributed by atoms with E-state index in [0.29, 0.717) is 11.8 Å². The number of hydrogen-bond donors (Lipinski definition) is 2. The predicted molar refractivity (Wildman–Crippen MR) is 91.9 cm³/mol. The van der Waals surface area contributed by atoms with Gasteiger partial charge >= 0.3 is 18.0 Å². The van der Waals surface area contributed by atoms with E-state index < -0.39 is 23.6 Å². The van der Waals surface area contributed by atoms with Gasteiger partial charge in [-0.05, 0) is 30.7 Å². The molecule has 0 saturated heterocycles. The number of benzene rings is 2. The van der Waals surface area contributed by atoms with Crippen LogP contribution in [0.25, 0.3) is 0 Å². The number of amides is 2. The zero-order valence-electron chi connectivity index (χ0n) is 13.4. The highest BCUT2D eigenvalue weighted by molar-refractivity contribution is 6.41. The van der Waals surface area contributed by atoms with Gasteiger partial charge in [-0.15, -0.1) is 0 Å². The minimum atomic E-state index is -4.61. The second kappa shape index (κ2) is 8.01. The van der Waals surface area contributed by atoms with Crippen molar-refractivity contribution >= 4 is 34.8 Å². The molecular formula is C17H13ClF3N3O2. The molecule has 5 nitrogen and oxygen atoms in total. The zero-order valence-corrected chi connectivity index (χ0v) is 14.2. The molecule has 0 aliphatic rings. The molecule has 2 N–H and O–H groups in total. The minimum Gasteiger partial charge on any atom is -0.316 e. The normalized spacial score (nSPS) is 11.8. The van der Waals surface area contributed by atoms with Gasteiger partial charge in [-0.25, -0.2) is 5.43 Å². The number of carbonyl (C=O) groups excluding carboxylic acids is 2. The molecule has 2 rings (SSSR count). The van der Waals surface area contributed by atoms with Gasteiger partial charge in [0, 0.05) is 0 Å². The van der Waals surface area contributed by atoms with Gasteiger partial charge in [0.1, 0.15) is 0 Å². The first-order valence-corrected chi connectivity index (χ1v) is 7.64. The van der Waals surface area contributed by atoms with Gasteiger partial charge in [-0.3, -0.25) is 9.59 Å². The summed E-state index contributed by atoms with van der Waals surface area (Å²) in [7, 11) is 0. The van der Waals surface area contributed by atoms with Gasteiger partial charge in [0.25, 0.3) is 0 Å². The Kier molecular flexibility index (Phi) is 5.99. The maximum Gasteiger partial charge on any atom is 0.416 e. The molecule has 2 aromatic carbocycles. The monoisotopic (exact) mass is 383 g/mol. The summed E-state index contributed by atoms with van der Waals surface area (Å²) in [5, 5.41) is 5.68. The smallest absolute Gasteiger partial charge is 0.316 e. The Labute approximate surface area is 151 Å². The fourth-order valence-corrected chi connectivity index (χ4v) is 2.07. The van der Waals surface area contributed by atoms with Crippen molar-refractivity contribution in [1.82, 2.24) is 5.43 Å². The van der Waals surface area contributed by atoms with E-state index in [1.54, 1.807) is 31.2 Å². The van der Waals surface area contributed by atoms with Crippen molar-refractivity contribution in [3.63, 3.8) is 0 Å². The van der Waals surface area contributed by atoms with E-state index >= 15 is 0 Å². The third-order valence-corrected chi connectivity index (χ3v) is 3.59. The first-order chi connectivity index (χ1) is 12.2. The van der Waals surface area contributed by atoms with Gasteiger partial charge in [-0.2, -0.15) is 18.3 Å². The summed E-state index contributed by atoms with van der Waals surface area (Å²) in [5.74, 6) is -2.34. The highest BCUT2D eigenvalue weighted by atomic mass is 35.5. The predicted octanol–water partition coefficient (Wildman–Crippen LogP) is 3.84. The van der Waals surface area contributed by atoms with E-state index in [4.69, 9.17) is 11.6 Å². The number of nitrogens with one attached hydrogen (secondary N) is 2. The Bertz CT molecular complexity index is 852. The van der Waals surface area contributed by atoms with Crippen LogP contribution in [0.4, 0.5) is 18.9 Å². The highest BCUT2D eigenvalue weighted by Gasteiger charge is 2.31. The molecule has 0 saturated carbocycles. The number of alkyl halides is 3. The van der Waals surface area contributed by atoms with E-state index in [9.17, 15) is 22.8 Å². The van der Waals surface area contributed by atoms with Crippen molar-refractivity contribution in [2.45, 2.75) is 13.1 Å². The maximum absolute atomic E-state index is 12.7. The third-order valence-electron chi connectivity index (χ3n) is 3.26. The number of carbonyl (C=O) groups is 2. The van der Waals surface area contributed by atoms with Crippen LogP contribution >= 0.6 is 11.6 Å². The summed E-state index contributed by atoms with van der Waals surface area (Å²) in [6, 6.07) is 11.3. The summed E-state index contributed by atoms with van der Waals surface area (Å²) in [6.07, 6.45) is -4.61. The molecule has 0 fully saturated rings. The number of anilines is 1. The summed E-state index contributed by atoms with van der Waals surface area (Å²) >= 11 is 5.76. The van der Waals surface area contributed by atoms with E-state index in [1.807, 2.05) is 16.8 Å². The summed E-state index contributed by atoms with van der Waals surface area (Å²) in [4.78, 5) is 23.6. The Hall–Kier alpha value is -2.87. The average Bonchev–Trinajstić information content (AvgIpc) is 2.60. The van der Waals surface area contributed by atoms with E-state index in [1.165, 1.54) is 0 Å². The molecule has 0 atom stereocenters. The Morgan fingerprint density at radius 3 is 2.31 bits per heavy atom. The molecule has 0 heterocycles. The van der Waals surface area contributed by atoms with Gasteiger partial charge in [0.15, 0.2) is 0 Å². The lowest BCUT2D eigenvalue weighted by Crippen LogP contribution is -2.33. The van der Waals surface area contributed by atoms with E-state index in [2.05, 4.69) is 5.10 Å². The summed E-state index contributed by atoms with van der Waals surface area (Å²) < 4.78 is 38.1. The molecule has 136 valence electrons. The lowest BCUT2D eigenvalue weighted by Gasteiger charge is -2.11. The molecule has 0 spiro atoms. The first kappa shape index (κ1) is 19.5. The summed E-state index contributed by atoms with van der Waals surface area (Å²) in [6.45, 7) is 1.62. The maximum atomic E-state index is 12.7. The molecule has 0 aromatic heterocycles. The molecule has 2 aromatic rings. The number of nitrogens with zero attached hydrogens (tertiary/aromatic N) is 1. The minimum absolute atomic E-state index is 0.136. The van der Waals surface area contributed by atoms with Crippen molar-refractivity contribution in [1.29, 1.82) is 0 Å². The van der Waals surface area contributed by atoms with Crippen LogP contribution in [0.15, 0.2) is 53.6 Å². The van der Waals surface area contributed by atoms with Gasteiger partial charge < -0.3 is 5.32 Å². The molecule has 0 aliphatic carbocycles. The lowest BCUT2D eigenvalue weighted by atomic mass is 10.1. The Morgan fingerprint density at radius 2 is 1.69 bits per heavy atom. The van der Waals surface area contributed by atoms with Crippen LogP contribution in [0.5, 0.6) is 0 Å². The largest absolute Gasteiger partial charge is 0.416 e. The number of halogens is 4. The second-order valence-corrected chi connectivity index (χ2v) is 5.56. The fraction of sp³-hybridized carbons (Fsp3) is 0.118. The molecule has 0 unspecified atom stereocenters. The van der Waals surface area contributed by atoms with E-state index in [-0.39, 0.29) is 10.7 Å². The Balaban J connectivity index is 2.07. The SMILES string of the molecule is CC(=NNC(=O)C(=O)Nc1cc(C(F)(F)F)ccc1Cl)c1ccccc1. The molecule has 0 radical (unpaired) electrons. The quantitative estimate of drug-likeness (QED) is 0.480. The Morgan fingerprint density at radius 1 is 1.04 bits per heavy atom. The summed E-state index contributed by atoms with van der Waals surface area (Å²) in [5.41, 5.74) is 1.88. The van der Waals surface area contributed by atoms with Crippen LogP contribution in [0, 0.1) is 0 Å². The number of hydrogen-bond acceptors (Lipinski definition) is 3. The van der Waals surface area contributed by atoms with Gasteiger partial charge in [0.05, 0.1) is 22.0 Å². The topological polar surface area (TPSA) is 70.6 Å². The second-order valence-electron chi connectivity index (χ2n) is 5.15. The lowest BCUT2D eigenvalue weighted by molar-refractivity contribution is -0.137. The molecule has 0 bridgehead atoms. The van der Waals surface area contributed by atoms with Crippen LogP contribution in [0.2, 0.25) is 5.02 Å². The van der Waals surface area contributed by atoms with Gasteiger partial charge in [-0.1, -0.05) is 41.9 Å². The van der Waals surface area contributed by atoms with Crippen LogP contribution in [-0.4, -0.2) is 17.5 Å². The standard InChI is InChI=1S/C17H13ClF3N3O2/c1-10(11-5-3-2-4-6-11)23-24-16(26)15(25)22-14-9-12(17(19,20)21)7-8-13(14)18/h2-9H,1H3,(H,22,25)(H,24,26). The van der Waals surface area contributed by atoms with Crippen molar-refractivity contribution in [3.05, 3.63) is 64.7 Å². The van der Waals surface area contributed by atoms with Crippen molar-refractivity contribution < 1.29 is 22.8 Å². The van der Waals surface area contributed by atoms with Crippen LogP contribution < -0.4 is 10.7 Å². The van der Waals surface area contributed by atoms with Crippen molar-refractivity contribution in [3.8, 4) is 0 Å². The van der Waals surface area contributed by atoms with Crippen LogP contribution in [0.3, 0.4) is 0 Å². The average molecular weight is 384 g/mol. The van der Waals surface area contributed by atoms with Crippen molar-refractivity contribution in [2.75, 3.05) is 5.32 Å². The van der Waals surface area contributed by atoms with Crippen LogP contribution in [-0.2, 0) is 15.8 Å². The highest BCUT2D eigenvalue weighted by Crippen LogP contribution is 2.33. The molecule has 26 heavy (non-hydrogen) atoms. The van der Waals surface area contributed by atoms with E-state index in [0.717, 1.165) is 17.7 Å². The van der Waals surface area contributed by atoms with Gasteiger partial charge in [0.2, 0.25) is 0 Å². The molecule has 9 heteroatoms. The number of hydrazone groups is 1. The molecule has 0 aliphatic heterocycles. The zero-order chi connectivity index (χ0) is 19.3.